The maximum atomic E-state index is 6.10. The van der Waals surface area contributed by atoms with Gasteiger partial charge in [0, 0.05) is 23.2 Å². The van der Waals surface area contributed by atoms with Gasteiger partial charge in [-0.15, -0.1) is 0 Å². The standard InChI is InChI=1S/C16H18BCl2NO3/c1-11-3-5-13(9-15(11)18)22-17(21-8-7-20)23-14-6-4-12(2)16(19)10-14/h3-6,9-10H,7-8,20H2,1-2H3. The molecule has 0 aliphatic carbocycles. The predicted octanol–water partition coefficient (Wildman–Crippen LogP) is 4.03. The summed E-state index contributed by atoms with van der Waals surface area (Å²) >= 11 is 12.2. The molecule has 0 bridgehead atoms. The molecule has 0 saturated carbocycles. The smallest absolute Gasteiger partial charge is 0.501 e. The first-order valence-electron chi connectivity index (χ1n) is 7.17. The summed E-state index contributed by atoms with van der Waals surface area (Å²) in [6.45, 7) is 4.48. The van der Waals surface area contributed by atoms with Crippen molar-refractivity contribution in [2.75, 3.05) is 13.2 Å². The van der Waals surface area contributed by atoms with Crippen molar-refractivity contribution in [3.63, 3.8) is 0 Å². The van der Waals surface area contributed by atoms with Crippen molar-refractivity contribution in [2.24, 2.45) is 5.73 Å². The van der Waals surface area contributed by atoms with E-state index in [9.17, 15) is 0 Å². The van der Waals surface area contributed by atoms with Gasteiger partial charge in [0.1, 0.15) is 11.5 Å². The number of halogens is 2. The van der Waals surface area contributed by atoms with Gasteiger partial charge in [-0.3, -0.25) is 0 Å². The quantitative estimate of drug-likeness (QED) is 0.763. The molecular formula is C16H18BCl2NO3. The molecule has 0 heterocycles. The van der Waals surface area contributed by atoms with Crippen molar-refractivity contribution in [3.8, 4) is 11.5 Å². The lowest BCUT2D eigenvalue weighted by atomic mass is 10.1. The van der Waals surface area contributed by atoms with E-state index >= 15 is 0 Å². The first-order valence-corrected chi connectivity index (χ1v) is 7.92. The largest absolute Gasteiger partial charge is 0.788 e. The molecule has 0 amide bonds. The fourth-order valence-electron chi connectivity index (χ4n) is 1.77. The molecule has 2 aromatic rings. The molecule has 2 rings (SSSR count). The second-order valence-corrected chi connectivity index (χ2v) is 5.82. The van der Waals surface area contributed by atoms with Crippen LogP contribution >= 0.6 is 23.2 Å². The van der Waals surface area contributed by atoms with Crippen molar-refractivity contribution >= 4 is 30.5 Å². The molecule has 2 aromatic carbocycles. The molecule has 0 aliphatic heterocycles. The van der Waals surface area contributed by atoms with Crippen molar-refractivity contribution in [1.82, 2.24) is 0 Å². The van der Waals surface area contributed by atoms with Crippen molar-refractivity contribution in [3.05, 3.63) is 57.6 Å². The van der Waals surface area contributed by atoms with Crippen LogP contribution in [0, 0.1) is 13.8 Å². The molecule has 0 saturated heterocycles. The van der Waals surface area contributed by atoms with Gasteiger partial charge < -0.3 is 19.7 Å². The minimum atomic E-state index is -0.948. The third kappa shape index (κ3) is 5.32. The zero-order valence-corrected chi connectivity index (χ0v) is 14.5. The summed E-state index contributed by atoms with van der Waals surface area (Å²) < 4.78 is 16.9. The maximum absolute atomic E-state index is 6.10. The number of rotatable bonds is 7. The molecule has 0 radical (unpaired) electrons. The zero-order chi connectivity index (χ0) is 16.8. The van der Waals surface area contributed by atoms with E-state index in [1.165, 1.54) is 0 Å². The average Bonchev–Trinajstić information content (AvgIpc) is 2.52. The monoisotopic (exact) mass is 353 g/mol. The molecule has 7 heteroatoms. The Balaban J connectivity index is 2.12. The third-order valence-corrected chi connectivity index (χ3v) is 3.94. The minimum absolute atomic E-state index is 0.295. The van der Waals surface area contributed by atoms with Crippen molar-refractivity contribution < 1.29 is 14.0 Å². The fraction of sp³-hybridized carbons (Fsp3) is 0.250. The van der Waals surface area contributed by atoms with E-state index in [1.54, 1.807) is 24.3 Å². The van der Waals surface area contributed by atoms with Gasteiger partial charge in [-0.1, -0.05) is 35.3 Å². The van der Waals surface area contributed by atoms with Gasteiger partial charge in [0.05, 0.1) is 0 Å². The summed E-state index contributed by atoms with van der Waals surface area (Å²) in [5, 5.41) is 1.22. The molecule has 0 spiro atoms. The highest BCUT2D eigenvalue weighted by Crippen LogP contribution is 2.25. The van der Waals surface area contributed by atoms with E-state index in [2.05, 4.69) is 0 Å². The highest BCUT2D eigenvalue weighted by Gasteiger charge is 2.27. The van der Waals surface area contributed by atoms with Crippen LogP contribution in [0.2, 0.25) is 10.0 Å². The van der Waals surface area contributed by atoms with E-state index in [0.29, 0.717) is 34.7 Å². The maximum Gasteiger partial charge on any atom is 0.788 e. The lowest BCUT2D eigenvalue weighted by Gasteiger charge is -2.16. The summed E-state index contributed by atoms with van der Waals surface area (Å²) in [4.78, 5) is 0. The van der Waals surface area contributed by atoms with E-state index in [4.69, 9.17) is 42.9 Å². The highest BCUT2D eigenvalue weighted by atomic mass is 35.5. The Morgan fingerprint density at radius 2 is 1.39 bits per heavy atom. The zero-order valence-electron chi connectivity index (χ0n) is 13.0. The van der Waals surface area contributed by atoms with Gasteiger partial charge in [0.15, 0.2) is 0 Å². The Labute approximate surface area is 146 Å². The van der Waals surface area contributed by atoms with Gasteiger partial charge in [0.2, 0.25) is 0 Å². The van der Waals surface area contributed by atoms with Crippen LogP contribution < -0.4 is 15.0 Å². The van der Waals surface area contributed by atoms with E-state index in [0.717, 1.165) is 11.1 Å². The third-order valence-electron chi connectivity index (χ3n) is 3.12. The average molecular weight is 354 g/mol. The minimum Gasteiger partial charge on any atom is -0.501 e. The lowest BCUT2D eigenvalue weighted by molar-refractivity contribution is 0.206. The topological polar surface area (TPSA) is 53.7 Å². The molecule has 0 fully saturated rings. The van der Waals surface area contributed by atoms with Gasteiger partial charge in [-0.05, 0) is 49.2 Å². The second-order valence-electron chi connectivity index (χ2n) is 5.01. The van der Waals surface area contributed by atoms with Crippen molar-refractivity contribution in [1.29, 1.82) is 0 Å². The summed E-state index contributed by atoms with van der Waals surface area (Å²) in [7, 11) is -0.948. The fourth-order valence-corrected chi connectivity index (χ4v) is 2.11. The van der Waals surface area contributed by atoms with Gasteiger partial charge in [0.25, 0.3) is 0 Å². The number of nitrogens with two attached hydrogens (primary N) is 1. The van der Waals surface area contributed by atoms with Crippen LogP contribution in [0.25, 0.3) is 0 Å². The van der Waals surface area contributed by atoms with Crippen molar-refractivity contribution in [2.45, 2.75) is 13.8 Å². The van der Waals surface area contributed by atoms with E-state index < -0.39 is 7.32 Å². The van der Waals surface area contributed by atoms with Crippen LogP contribution in [0.5, 0.6) is 11.5 Å². The summed E-state index contributed by atoms with van der Waals surface area (Å²) in [6, 6.07) is 10.7. The molecule has 4 nitrogen and oxygen atoms in total. The first kappa shape index (κ1) is 18.0. The Hall–Kier alpha value is -1.40. The lowest BCUT2D eigenvalue weighted by Crippen LogP contribution is -2.35. The van der Waals surface area contributed by atoms with Gasteiger partial charge >= 0.3 is 7.32 Å². The Morgan fingerprint density at radius 3 is 1.78 bits per heavy atom. The normalized spacial score (nSPS) is 10.5. The molecule has 2 N–H and O–H groups in total. The number of aryl methyl sites for hydroxylation is 2. The predicted molar refractivity (Wildman–Crippen MR) is 94.4 cm³/mol. The molecule has 0 atom stereocenters. The molecule has 0 aromatic heterocycles. The van der Waals surface area contributed by atoms with Crippen LogP contribution in [0.15, 0.2) is 36.4 Å². The molecule has 122 valence electrons. The highest BCUT2D eigenvalue weighted by molar-refractivity contribution is 6.38. The van der Waals surface area contributed by atoms with E-state index in [-0.39, 0.29) is 0 Å². The van der Waals surface area contributed by atoms with Crippen LogP contribution in [0.3, 0.4) is 0 Å². The summed E-state index contributed by atoms with van der Waals surface area (Å²) in [5.74, 6) is 1.08. The Kier molecular flexibility index (Phi) is 6.60. The van der Waals surface area contributed by atoms with Gasteiger partial charge in [-0.2, -0.15) is 0 Å². The summed E-state index contributed by atoms with van der Waals surface area (Å²) in [6.07, 6.45) is 0. The molecule has 0 aliphatic rings. The Bertz CT molecular complexity index is 616. The number of hydrogen-bond acceptors (Lipinski definition) is 4. The molecule has 23 heavy (non-hydrogen) atoms. The van der Waals surface area contributed by atoms with Gasteiger partial charge in [-0.25, -0.2) is 0 Å². The number of hydrogen-bond donors (Lipinski definition) is 1. The number of benzene rings is 2. The summed E-state index contributed by atoms with van der Waals surface area (Å²) in [5.41, 5.74) is 7.40. The van der Waals surface area contributed by atoms with Crippen LogP contribution in [-0.2, 0) is 4.65 Å². The van der Waals surface area contributed by atoms with Crippen LogP contribution in [-0.4, -0.2) is 20.5 Å². The Morgan fingerprint density at radius 1 is 0.913 bits per heavy atom. The molecule has 0 unspecified atom stereocenters. The van der Waals surface area contributed by atoms with Crippen LogP contribution in [0.4, 0.5) is 0 Å². The SMILES string of the molecule is Cc1ccc(OB(OCCN)Oc2ccc(C)c(Cl)c2)cc1Cl. The molecular weight excluding hydrogens is 336 g/mol. The second kappa shape index (κ2) is 8.46. The first-order chi connectivity index (χ1) is 11.0. The van der Waals surface area contributed by atoms with Crippen LogP contribution in [0.1, 0.15) is 11.1 Å². The van der Waals surface area contributed by atoms with E-state index in [1.807, 2.05) is 26.0 Å².